The molecule has 4 N–H and O–H groups in total. The molecule has 0 spiro atoms. The van der Waals surface area contributed by atoms with Gasteiger partial charge in [0, 0.05) is 0 Å². The molecule has 62 heavy (non-hydrogen) atoms. The van der Waals surface area contributed by atoms with Crippen LogP contribution >= 0.6 is 0 Å². The van der Waals surface area contributed by atoms with Crippen LogP contribution in [0.15, 0.2) is 11.6 Å². The van der Waals surface area contributed by atoms with E-state index in [1.807, 2.05) is 0 Å². The summed E-state index contributed by atoms with van der Waals surface area (Å²) in [6.07, 6.45) is 27.1. The van der Waals surface area contributed by atoms with Gasteiger partial charge in [-0.3, -0.25) is 0 Å². The van der Waals surface area contributed by atoms with Crippen LogP contribution in [0.4, 0.5) is 0 Å². The van der Waals surface area contributed by atoms with Gasteiger partial charge in [0.15, 0.2) is 0 Å². The van der Waals surface area contributed by atoms with Crippen molar-refractivity contribution in [1.29, 1.82) is 0 Å². The molecule has 7 fully saturated rings. The zero-order valence-electron chi connectivity index (χ0n) is 42.7. The molecule has 6 unspecified atom stereocenters. The van der Waals surface area contributed by atoms with Gasteiger partial charge in [0.2, 0.25) is 0 Å². The average Bonchev–Trinajstić information content (AvgIpc) is 3.76. The maximum absolute atomic E-state index is 11.4. The monoisotopic (exact) mass is 863 g/mol. The minimum Gasteiger partial charge on any atom is -0.393 e. The molecule has 4 heteroatoms. The van der Waals surface area contributed by atoms with Crippen molar-refractivity contribution in [3.63, 3.8) is 0 Å². The van der Waals surface area contributed by atoms with Gasteiger partial charge in [-0.2, -0.15) is 0 Å². The third kappa shape index (κ3) is 8.90. The molecule has 0 aromatic rings. The molecule has 4 nitrogen and oxygen atoms in total. The number of fused-ring (bicyclic) bond motifs is 10. The highest BCUT2D eigenvalue weighted by molar-refractivity contribution is 5.28. The van der Waals surface area contributed by atoms with E-state index in [2.05, 4.69) is 89.2 Å². The zero-order chi connectivity index (χ0) is 45.1. The molecular weight excluding hydrogens is 761 g/mol. The van der Waals surface area contributed by atoms with Gasteiger partial charge < -0.3 is 20.4 Å². The van der Waals surface area contributed by atoms with E-state index in [-0.39, 0.29) is 29.8 Å². The molecule has 0 bridgehead atoms. The Bertz CT molecular complexity index is 1500. The van der Waals surface area contributed by atoms with E-state index in [0.717, 1.165) is 85.9 Å². The first kappa shape index (κ1) is 49.5. The fourth-order valence-corrected chi connectivity index (χ4v) is 19.2. The smallest absolute Gasteiger partial charge is 0.0757 e. The van der Waals surface area contributed by atoms with Gasteiger partial charge in [-0.15, -0.1) is 0 Å². The largest absolute Gasteiger partial charge is 0.393 e. The fourth-order valence-electron chi connectivity index (χ4n) is 19.2. The Hall–Kier alpha value is -0.420. The highest BCUT2D eigenvalue weighted by Crippen LogP contribution is 2.70. The van der Waals surface area contributed by atoms with Gasteiger partial charge in [-0.1, -0.05) is 120 Å². The summed E-state index contributed by atoms with van der Waals surface area (Å²) < 4.78 is 0. The van der Waals surface area contributed by atoms with E-state index in [4.69, 9.17) is 0 Å². The quantitative estimate of drug-likeness (QED) is 0.147. The molecule has 8 aliphatic carbocycles. The van der Waals surface area contributed by atoms with Gasteiger partial charge in [0.05, 0.1) is 24.4 Å². The average molecular weight is 863 g/mol. The predicted molar refractivity (Wildman–Crippen MR) is 259 cm³/mol. The van der Waals surface area contributed by atoms with Crippen LogP contribution in [0, 0.1) is 110 Å². The molecule has 0 saturated heterocycles. The predicted octanol–water partition coefficient (Wildman–Crippen LogP) is 14.1. The van der Waals surface area contributed by atoms with Gasteiger partial charge in [-0.05, 0) is 220 Å². The van der Waals surface area contributed by atoms with Crippen LogP contribution in [0.1, 0.15) is 218 Å². The summed E-state index contributed by atoms with van der Waals surface area (Å²) >= 11 is 0. The molecule has 0 aromatic heterocycles. The molecular formula is C58H102O4. The number of hydrogen-bond acceptors (Lipinski definition) is 4. The lowest BCUT2D eigenvalue weighted by atomic mass is 9.43. The maximum atomic E-state index is 11.4. The molecule has 0 heterocycles. The summed E-state index contributed by atoms with van der Waals surface area (Å²) in [5.74, 6) is 10.7. The van der Waals surface area contributed by atoms with Crippen LogP contribution in [0.5, 0.6) is 0 Å². The molecule has 21 atom stereocenters. The van der Waals surface area contributed by atoms with Gasteiger partial charge in [0.25, 0.3) is 0 Å². The van der Waals surface area contributed by atoms with E-state index >= 15 is 0 Å². The third-order valence-corrected chi connectivity index (χ3v) is 23.2. The van der Waals surface area contributed by atoms with E-state index < -0.39 is 0 Å². The molecule has 0 radical (unpaired) electrons. The lowest BCUT2D eigenvalue weighted by Crippen LogP contribution is -2.58. The Kier molecular flexibility index (Phi) is 15.4. The van der Waals surface area contributed by atoms with E-state index in [0.29, 0.717) is 57.7 Å². The summed E-state index contributed by atoms with van der Waals surface area (Å²) in [7, 11) is 0. The van der Waals surface area contributed by atoms with Crippen LogP contribution in [0.2, 0.25) is 0 Å². The standard InChI is InChI=1S/C29H52O2.C29H50O2/c2*1-7-20(18(2)3)9-8-19(4)23-10-11-24-27-25(13-15-29(23,24)6)28(5)14-12-22(30)16-21(28)17-26(27)31/h18-27,30-31H,7-17H2,1-6H3;17-20,22-27,30-31H,7-16H2,1-6H3/t19-,20-,21+,22+,23-,24?,25?,26?,27+,28+,29-;19-,20-,22+,23-,24?,25?,26?,27+,28+,29-/m11/s1. The van der Waals surface area contributed by atoms with E-state index in [9.17, 15) is 20.4 Å². The second kappa shape index (κ2) is 19.3. The SMILES string of the molecule is CC[C@H](CC[C@@H](C)[C@H]1CCC2[C@@H]3C(O)C=C4C[C@@H](O)CC[C@]4(C)C3CC[C@@]21C)C(C)C.CC[C@H](CC[C@@H](C)[C@H]1CCC2[C@@H]3C(O)C[C@@H]4C[C@@H](O)CC[C@]4(C)C3CC[C@@]21C)C(C)C. The molecule has 8 aliphatic rings. The Morgan fingerprint density at radius 2 is 1.02 bits per heavy atom. The summed E-state index contributed by atoms with van der Waals surface area (Å²) in [5.41, 5.74) is 2.75. The minimum absolute atomic E-state index is 0.134. The van der Waals surface area contributed by atoms with Crippen molar-refractivity contribution >= 4 is 0 Å². The Morgan fingerprint density at radius 1 is 0.532 bits per heavy atom. The summed E-state index contributed by atoms with van der Waals surface area (Å²) in [5, 5.41) is 43.3. The van der Waals surface area contributed by atoms with Crippen molar-refractivity contribution in [2.45, 2.75) is 242 Å². The molecule has 7 saturated carbocycles. The number of hydrogen-bond donors (Lipinski definition) is 4. The lowest BCUT2D eigenvalue weighted by Gasteiger charge is -2.62. The highest BCUT2D eigenvalue weighted by atomic mass is 16.3. The molecule has 358 valence electrons. The Morgan fingerprint density at radius 3 is 1.55 bits per heavy atom. The number of rotatable bonds is 12. The summed E-state index contributed by atoms with van der Waals surface area (Å²) in [4.78, 5) is 0. The lowest BCUT2D eigenvalue weighted by molar-refractivity contribution is -0.174. The van der Waals surface area contributed by atoms with Crippen molar-refractivity contribution in [3.8, 4) is 0 Å². The summed E-state index contributed by atoms with van der Waals surface area (Å²) in [6.45, 7) is 29.6. The zero-order valence-corrected chi connectivity index (χ0v) is 42.7. The highest BCUT2D eigenvalue weighted by Gasteiger charge is 2.64. The van der Waals surface area contributed by atoms with Crippen LogP contribution in [0.25, 0.3) is 0 Å². The van der Waals surface area contributed by atoms with Gasteiger partial charge in [-0.25, -0.2) is 0 Å². The van der Waals surface area contributed by atoms with Crippen molar-refractivity contribution in [1.82, 2.24) is 0 Å². The van der Waals surface area contributed by atoms with Gasteiger partial charge in [0.1, 0.15) is 0 Å². The first-order chi connectivity index (χ1) is 29.2. The topological polar surface area (TPSA) is 80.9 Å². The third-order valence-electron chi connectivity index (χ3n) is 23.2. The van der Waals surface area contributed by atoms with Gasteiger partial charge >= 0.3 is 0 Å². The summed E-state index contributed by atoms with van der Waals surface area (Å²) in [6, 6.07) is 0. The molecule has 0 amide bonds. The molecule has 0 aromatic carbocycles. The van der Waals surface area contributed by atoms with Crippen LogP contribution < -0.4 is 0 Å². The molecule has 0 aliphatic heterocycles. The first-order valence-electron chi connectivity index (χ1n) is 27.7. The Balaban J connectivity index is 0.000000186. The number of aliphatic hydroxyl groups is 4. The van der Waals surface area contributed by atoms with Crippen LogP contribution in [-0.2, 0) is 0 Å². The minimum atomic E-state index is -0.303. The number of aliphatic hydroxyl groups excluding tert-OH is 4. The first-order valence-corrected chi connectivity index (χ1v) is 27.7. The van der Waals surface area contributed by atoms with Crippen molar-refractivity contribution in [2.24, 2.45) is 110 Å². The second-order valence-electron chi connectivity index (χ2n) is 26.4. The van der Waals surface area contributed by atoms with Crippen LogP contribution in [-0.4, -0.2) is 44.8 Å². The normalized spacial score (nSPS) is 48.0. The van der Waals surface area contributed by atoms with Crippen molar-refractivity contribution in [3.05, 3.63) is 11.6 Å². The fraction of sp³-hybridized carbons (Fsp3) is 0.966. The van der Waals surface area contributed by atoms with E-state index in [1.54, 1.807) is 0 Å². The van der Waals surface area contributed by atoms with Crippen molar-refractivity contribution in [2.75, 3.05) is 0 Å². The Labute approximate surface area is 383 Å². The van der Waals surface area contributed by atoms with E-state index in [1.165, 1.54) is 102 Å². The molecule has 8 rings (SSSR count). The van der Waals surface area contributed by atoms with Crippen molar-refractivity contribution < 1.29 is 20.4 Å². The second-order valence-corrected chi connectivity index (χ2v) is 26.4. The van der Waals surface area contributed by atoms with Crippen LogP contribution in [0.3, 0.4) is 0 Å². The maximum Gasteiger partial charge on any atom is 0.0757 e.